The van der Waals surface area contributed by atoms with Gasteiger partial charge in [-0.15, -0.1) is 0 Å². The molecular weight excluding hydrogens is 163 g/mol. The highest BCUT2D eigenvalue weighted by Crippen LogP contribution is 2.50. The van der Waals surface area contributed by atoms with Crippen molar-refractivity contribution < 1.29 is 0 Å². The predicted octanol–water partition coefficient (Wildman–Crippen LogP) is 2.73. The summed E-state index contributed by atoms with van der Waals surface area (Å²) in [6.07, 6.45) is 2.94. The summed E-state index contributed by atoms with van der Waals surface area (Å²) in [5, 5.41) is 1.69. The Hall–Kier alpha value is -0.350. The molecule has 1 aromatic carbocycles. The van der Waals surface area contributed by atoms with Gasteiger partial charge in [0.15, 0.2) is 0 Å². The van der Waals surface area contributed by atoms with Gasteiger partial charge in [-0.05, 0) is 49.5 Å². The van der Waals surface area contributed by atoms with Crippen LogP contribution in [0.25, 0.3) is 0 Å². The molecule has 0 bridgehead atoms. The molecule has 0 nitrogen and oxygen atoms in total. The van der Waals surface area contributed by atoms with Crippen molar-refractivity contribution in [1.82, 2.24) is 0 Å². The Morgan fingerprint density at radius 1 is 1.00 bits per heavy atom. The molecule has 12 heavy (non-hydrogen) atoms. The lowest BCUT2D eigenvalue weighted by Gasteiger charge is -2.09. The van der Waals surface area contributed by atoms with Crippen molar-refractivity contribution in [3.8, 4) is 0 Å². The van der Waals surface area contributed by atoms with E-state index in [2.05, 4.69) is 32.9 Å². The second-order valence-electron chi connectivity index (χ2n) is 3.73. The maximum absolute atomic E-state index is 2.32. The smallest absolute Gasteiger partial charge is 0.0182 e. The molecule has 1 heterocycles. The zero-order chi connectivity index (χ0) is 8.72. The third-order valence-corrected chi connectivity index (χ3v) is 4.63. The SMILES string of the molecule is Cc1cc(C)c(P2CC2)c(C)c1. The van der Waals surface area contributed by atoms with Crippen LogP contribution < -0.4 is 5.30 Å². The van der Waals surface area contributed by atoms with E-state index in [1.807, 2.05) is 0 Å². The molecule has 2 rings (SSSR count). The van der Waals surface area contributed by atoms with E-state index >= 15 is 0 Å². The minimum absolute atomic E-state index is 0.300. The summed E-state index contributed by atoms with van der Waals surface area (Å²) in [5.74, 6) is 0. The van der Waals surface area contributed by atoms with Crippen LogP contribution in [0.1, 0.15) is 16.7 Å². The Morgan fingerprint density at radius 3 is 1.92 bits per heavy atom. The summed E-state index contributed by atoms with van der Waals surface area (Å²) < 4.78 is 0. The average Bonchev–Trinajstić information content (AvgIpc) is 2.68. The largest absolute Gasteiger partial charge is 0.0740 e. The van der Waals surface area contributed by atoms with Gasteiger partial charge in [-0.3, -0.25) is 0 Å². The predicted molar refractivity (Wildman–Crippen MR) is 56.9 cm³/mol. The molecular formula is C11H15P. The Balaban J connectivity index is 2.51. The molecule has 0 N–H and O–H groups in total. The first-order valence-corrected chi connectivity index (χ1v) is 6.22. The lowest BCUT2D eigenvalue weighted by molar-refractivity contribution is 1.36. The van der Waals surface area contributed by atoms with Crippen LogP contribution in [-0.4, -0.2) is 12.3 Å². The molecule has 0 aromatic heterocycles. The Bertz CT molecular complexity index is 288. The summed E-state index contributed by atoms with van der Waals surface area (Å²) in [6, 6.07) is 4.64. The molecule has 1 saturated heterocycles. The van der Waals surface area contributed by atoms with Gasteiger partial charge in [0.2, 0.25) is 0 Å². The summed E-state index contributed by atoms with van der Waals surface area (Å²) in [6.45, 7) is 6.70. The fourth-order valence-electron chi connectivity index (χ4n) is 1.94. The first-order valence-electron chi connectivity index (χ1n) is 4.51. The summed E-state index contributed by atoms with van der Waals surface area (Å²) in [4.78, 5) is 0. The van der Waals surface area contributed by atoms with Gasteiger partial charge >= 0.3 is 0 Å². The van der Waals surface area contributed by atoms with Gasteiger partial charge in [-0.2, -0.15) is 0 Å². The van der Waals surface area contributed by atoms with Gasteiger partial charge in [0.05, 0.1) is 0 Å². The van der Waals surface area contributed by atoms with Crippen molar-refractivity contribution >= 4 is 13.2 Å². The molecule has 1 aliphatic rings. The maximum atomic E-state index is 2.32. The molecule has 1 aromatic rings. The second kappa shape index (κ2) is 2.85. The molecule has 0 saturated carbocycles. The van der Waals surface area contributed by atoms with Gasteiger partial charge in [0, 0.05) is 0 Å². The number of aryl methyl sites for hydroxylation is 3. The zero-order valence-corrected chi connectivity index (χ0v) is 8.91. The second-order valence-corrected chi connectivity index (χ2v) is 6.16. The van der Waals surface area contributed by atoms with E-state index in [4.69, 9.17) is 0 Å². The van der Waals surface area contributed by atoms with E-state index in [9.17, 15) is 0 Å². The first kappa shape index (κ1) is 8.26. The number of benzene rings is 1. The number of rotatable bonds is 1. The molecule has 1 aliphatic heterocycles. The maximum Gasteiger partial charge on any atom is -0.0182 e. The number of hydrogen-bond acceptors (Lipinski definition) is 0. The van der Waals surface area contributed by atoms with Crippen molar-refractivity contribution in [3.05, 3.63) is 28.8 Å². The minimum atomic E-state index is 0.300. The molecule has 0 atom stereocenters. The highest BCUT2D eigenvalue weighted by atomic mass is 31.1. The number of hydrogen-bond donors (Lipinski definition) is 0. The Morgan fingerprint density at radius 2 is 1.50 bits per heavy atom. The van der Waals surface area contributed by atoms with E-state index in [-0.39, 0.29) is 0 Å². The summed E-state index contributed by atoms with van der Waals surface area (Å²) >= 11 is 0. The van der Waals surface area contributed by atoms with Crippen molar-refractivity contribution in [2.75, 3.05) is 12.3 Å². The van der Waals surface area contributed by atoms with Crippen LogP contribution in [0.4, 0.5) is 0 Å². The molecule has 0 radical (unpaired) electrons. The van der Waals surface area contributed by atoms with Gasteiger partial charge in [-0.1, -0.05) is 25.6 Å². The van der Waals surface area contributed by atoms with E-state index in [0.29, 0.717) is 7.92 Å². The monoisotopic (exact) mass is 178 g/mol. The molecule has 1 fully saturated rings. The van der Waals surface area contributed by atoms with E-state index in [1.165, 1.54) is 29.0 Å². The van der Waals surface area contributed by atoms with Gasteiger partial charge < -0.3 is 0 Å². The third-order valence-electron chi connectivity index (χ3n) is 2.40. The molecule has 0 aliphatic carbocycles. The molecule has 0 spiro atoms. The third kappa shape index (κ3) is 1.41. The zero-order valence-electron chi connectivity index (χ0n) is 8.02. The average molecular weight is 178 g/mol. The molecule has 1 heteroatoms. The van der Waals surface area contributed by atoms with Crippen LogP contribution in [0.3, 0.4) is 0 Å². The first-order chi connectivity index (χ1) is 5.68. The van der Waals surface area contributed by atoms with E-state index in [0.717, 1.165) is 0 Å². The standard InChI is InChI=1S/C11H15P/c1-8-6-9(2)11(10(3)7-8)12-4-5-12/h6-7H,4-5H2,1-3H3. The van der Waals surface area contributed by atoms with Crippen LogP contribution in [0.5, 0.6) is 0 Å². The summed E-state index contributed by atoms with van der Waals surface area (Å²) in [7, 11) is 0.300. The quantitative estimate of drug-likeness (QED) is 0.580. The fraction of sp³-hybridized carbons (Fsp3) is 0.455. The van der Waals surface area contributed by atoms with E-state index < -0.39 is 0 Å². The van der Waals surface area contributed by atoms with Gasteiger partial charge in [0.25, 0.3) is 0 Å². The van der Waals surface area contributed by atoms with Crippen LogP contribution in [-0.2, 0) is 0 Å². The van der Waals surface area contributed by atoms with E-state index in [1.54, 1.807) is 5.30 Å². The topological polar surface area (TPSA) is 0 Å². The van der Waals surface area contributed by atoms with Crippen LogP contribution in [0.2, 0.25) is 0 Å². The fourth-order valence-corrected chi connectivity index (χ4v) is 3.92. The normalized spacial score (nSPS) is 16.6. The molecule has 64 valence electrons. The van der Waals surface area contributed by atoms with Gasteiger partial charge in [-0.25, -0.2) is 0 Å². The highest BCUT2D eigenvalue weighted by molar-refractivity contribution is 7.72. The molecule has 0 unspecified atom stereocenters. The summed E-state index contributed by atoms with van der Waals surface area (Å²) in [5.41, 5.74) is 4.46. The van der Waals surface area contributed by atoms with Crippen LogP contribution >= 0.6 is 7.92 Å². The highest BCUT2D eigenvalue weighted by Gasteiger charge is 2.25. The van der Waals surface area contributed by atoms with Crippen molar-refractivity contribution in [2.24, 2.45) is 0 Å². The van der Waals surface area contributed by atoms with Crippen LogP contribution in [0, 0.1) is 20.8 Å². The van der Waals surface area contributed by atoms with Crippen molar-refractivity contribution in [3.63, 3.8) is 0 Å². The van der Waals surface area contributed by atoms with Gasteiger partial charge in [0.1, 0.15) is 0 Å². The Labute approximate surface area is 75.7 Å². The minimum Gasteiger partial charge on any atom is -0.0740 e. The lowest BCUT2D eigenvalue weighted by atomic mass is 10.1. The van der Waals surface area contributed by atoms with Crippen molar-refractivity contribution in [2.45, 2.75) is 20.8 Å². The molecule has 0 amide bonds. The lowest BCUT2D eigenvalue weighted by Crippen LogP contribution is -2.05. The van der Waals surface area contributed by atoms with Crippen LogP contribution in [0.15, 0.2) is 12.1 Å². The Kier molecular flexibility index (Phi) is 1.96. The van der Waals surface area contributed by atoms with Crippen molar-refractivity contribution in [1.29, 1.82) is 0 Å².